The molecular weight excluding hydrogens is 268 g/mol. The Morgan fingerprint density at radius 1 is 1.33 bits per heavy atom. The number of ether oxygens (including phenoxy) is 1. The lowest BCUT2D eigenvalue weighted by atomic mass is 10.2. The lowest BCUT2D eigenvalue weighted by molar-refractivity contribution is 0.141. The summed E-state index contributed by atoms with van der Waals surface area (Å²) in [4.78, 5) is 6.99. The fourth-order valence-corrected chi connectivity index (χ4v) is 3.23. The second-order valence-corrected chi connectivity index (χ2v) is 5.84. The summed E-state index contributed by atoms with van der Waals surface area (Å²) in [6.07, 6.45) is 4.72. The summed E-state index contributed by atoms with van der Waals surface area (Å²) in [5.41, 5.74) is 1.02. The zero-order valence-corrected chi connectivity index (χ0v) is 12.3. The first-order valence-corrected chi connectivity index (χ1v) is 8.09. The van der Waals surface area contributed by atoms with Gasteiger partial charge in [-0.2, -0.15) is 0 Å². The standard InChI is InChI=1S/C13H21ClN2OS/c14-10-12-11-18-13(15-12)4-1-2-5-16-6-3-8-17-9-7-16/h11H,1-10H2. The number of hydrogen-bond acceptors (Lipinski definition) is 4. The Balaban J connectivity index is 1.60. The maximum atomic E-state index is 5.74. The monoisotopic (exact) mass is 288 g/mol. The van der Waals surface area contributed by atoms with Gasteiger partial charge in [0.25, 0.3) is 0 Å². The molecule has 0 saturated carbocycles. The molecule has 1 aromatic heterocycles. The number of aromatic nitrogens is 1. The molecule has 2 heterocycles. The van der Waals surface area contributed by atoms with Crippen LogP contribution < -0.4 is 0 Å². The van der Waals surface area contributed by atoms with E-state index in [1.165, 1.54) is 37.4 Å². The van der Waals surface area contributed by atoms with Gasteiger partial charge in [0.1, 0.15) is 0 Å². The molecule has 5 heteroatoms. The van der Waals surface area contributed by atoms with Gasteiger partial charge in [-0.1, -0.05) is 0 Å². The van der Waals surface area contributed by atoms with E-state index in [1.54, 1.807) is 11.3 Å². The zero-order valence-electron chi connectivity index (χ0n) is 10.7. The van der Waals surface area contributed by atoms with Crippen molar-refractivity contribution >= 4 is 22.9 Å². The highest BCUT2D eigenvalue weighted by molar-refractivity contribution is 7.09. The highest BCUT2D eigenvalue weighted by Gasteiger charge is 2.08. The Morgan fingerprint density at radius 2 is 2.28 bits per heavy atom. The molecule has 1 saturated heterocycles. The Labute approximate surface area is 118 Å². The number of aryl methyl sites for hydroxylation is 1. The van der Waals surface area contributed by atoms with E-state index in [2.05, 4.69) is 15.3 Å². The maximum Gasteiger partial charge on any atom is 0.0928 e. The van der Waals surface area contributed by atoms with Crippen LogP contribution in [0.2, 0.25) is 0 Å². The summed E-state index contributed by atoms with van der Waals surface area (Å²) < 4.78 is 5.45. The molecule has 1 fully saturated rings. The van der Waals surface area contributed by atoms with E-state index in [-0.39, 0.29) is 0 Å². The summed E-state index contributed by atoms with van der Waals surface area (Å²) in [6.45, 7) is 5.29. The molecule has 0 aliphatic carbocycles. The Hall–Kier alpha value is -0.160. The zero-order chi connectivity index (χ0) is 12.6. The lowest BCUT2D eigenvalue weighted by Gasteiger charge is -2.18. The van der Waals surface area contributed by atoms with Gasteiger partial charge in [-0.05, 0) is 32.2 Å². The predicted molar refractivity (Wildman–Crippen MR) is 76.5 cm³/mol. The molecule has 0 N–H and O–H groups in total. The van der Waals surface area contributed by atoms with E-state index in [0.717, 1.165) is 31.9 Å². The third kappa shape index (κ3) is 4.84. The molecule has 0 aromatic carbocycles. The highest BCUT2D eigenvalue weighted by atomic mass is 35.5. The normalized spacial score (nSPS) is 17.8. The van der Waals surface area contributed by atoms with Crippen molar-refractivity contribution in [3.05, 3.63) is 16.1 Å². The van der Waals surface area contributed by atoms with Crippen molar-refractivity contribution in [3.63, 3.8) is 0 Å². The van der Waals surface area contributed by atoms with Crippen LogP contribution in [0.3, 0.4) is 0 Å². The number of nitrogens with zero attached hydrogens (tertiary/aromatic N) is 2. The summed E-state index contributed by atoms with van der Waals surface area (Å²) >= 11 is 7.48. The average molecular weight is 289 g/mol. The van der Waals surface area contributed by atoms with Gasteiger partial charge in [0.05, 0.1) is 23.2 Å². The fourth-order valence-electron chi connectivity index (χ4n) is 2.16. The Bertz CT molecular complexity index is 337. The first kappa shape index (κ1) is 14.3. The molecule has 0 amide bonds. The van der Waals surface area contributed by atoms with Gasteiger partial charge < -0.3 is 9.64 Å². The average Bonchev–Trinajstić information content (AvgIpc) is 2.70. The fraction of sp³-hybridized carbons (Fsp3) is 0.769. The van der Waals surface area contributed by atoms with Crippen LogP contribution in [0.5, 0.6) is 0 Å². The third-order valence-corrected chi connectivity index (χ3v) is 4.40. The SMILES string of the molecule is ClCc1csc(CCCCN2CCCOCC2)n1. The van der Waals surface area contributed by atoms with Crippen molar-refractivity contribution in [2.24, 2.45) is 0 Å². The van der Waals surface area contributed by atoms with Crippen LogP contribution in [-0.4, -0.2) is 42.7 Å². The third-order valence-electron chi connectivity index (χ3n) is 3.17. The van der Waals surface area contributed by atoms with Crippen molar-refractivity contribution in [3.8, 4) is 0 Å². The molecule has 3 nitrogen and oxygen atoms in total. The van der Waals surface area contributed by atoms with Crippen LogP contribution in [0.4, 0.5) is 0 Å². The number of unbranched alkanes of at least 4 members (excludes halogenated alkanes) is 1. The van der Waals surface area contributed by atoms with Gasteiger partial charge in [0.15, 0.2) is 0 Å². The maximum absolute atomic E-state index is 5.74. The quantitative estimate of drug-likeness (QED) is 0.594. The smallest absolute Gasteiger partial charge is 0.0928 e. The number of thiazole rings is 1. The second kappa shape index (κ2) is 8.10. The van der Waals surface area contributed by atoms with Crippen LogP contribution in [0, 0.1) is 0 Å². The minimum absolute atomic E-state index is 0.532. The topological polar surface area (TPSA) is 25.4 Å². The molecule has 1 aliphatic heterocycles. The molecule has 0 unspecified atom stereocenters. The van der Waals surface area contributed by atoms with Crippen LogP contribution in [0.1, 0.15) is 30.0 Å². The highest BCUT2D eigenvalue weighted by Crippen LogP contribution is 2.14. The number of halogens is 1. The molecule has 2 rings (SSSR count). The van der Waals surface area contributed by atoms with Gasteiger partial charge in [-0.15, -0.1) is 22.9 Å². The predicted octanol–water partition coefficient (Wildman–Crippen LogP) is 2.93. The van der Waals surface area contributed by atoms with E-state index in [4.69, 9.17) is 16.3 Å². The van der Waals surface area contributed by atoms with E-state index in [9.17, 15) is 0 Å². The summed E-state index contributed by atoms with van der Waals surface area (Å²) in [5, 5.41) is 3.29. The van der Waals surface area contributed by atoms with Gasteiger partial charge in [0, 0.05) is 25.1 Å². The molecule has 102 valence electrons. The molecule has 18 heavy (non-hydrogen) atoms. The molecule has 1 aromatic rings. The van der Waals surface area contributed by atoms with Gasteiger partial charge in [0.2, 0.25) is 0 Å². The molecular formula is C13H21ClN2OS. The molecule has 1 aliphatic rings. The van der Waals surface area contributed by atoms with E-state index < -0.39 is 0 Å². The lowest BCUT2D eigenvalue weighted by Crippen LogP contribution is -2.27. The van der Waals surface area contributed by atoms with Crippen LogP contribution in [-0.2, 0) is 17.0 Å². The van der Waals surface area contributed by atoms with Crippen molar-refractivity contribution < 1.29 is 4.74 Å². The largest absolute Gasteiger partial charge is 0.380 e. The number of rotatable bonds is 6. The molecule has 0 spiro atoms. The first-order valence-electron chi connectivity index (χ1n) is 6.68. The molecule has 0 atom stereocenters. The van der Waals surface area contributed by atoms with Crippen LogP contribution >= 0.6 is 22.9 Å². The van der Waals surface area contributed by atoms with Gasteiger partial charge in [-0.3, -0.25) is 0 Å². The second-order valence-electron chi connectivity index (χ2n) is 4.63. The minimum Gasteiger partial charge on any atom is -0.380 e. The van der Waals surface area contributed by atoms with Crippen molar-refractivity contribution in [1.29, 1.82) is 0 Å². The first-order chi connectivity index (χ1) is 8.88. The van der Waals surface area contributed by atoms with Crippen molar-refractivity contribution in [1.82, 2.24) is 9.88 Å². The Kier molecular flexibility index (Phi) is 6.41. The van der Waals surface area contributed by atoms with E-state index in [1.807, 2.05) is 0 Å². The van der Waals surface area contributed by atoms with Crippen LogP contribution in [0.25, 0.3) is 0 Å². The number of hydrogen-bond donors (Lipinski definition) is 0. The van der Waals surface area contributed by atoms with Crippen molar-refractivity contribution in [2.75, 3.05) is 32.8 Å². The minimum atomic E-state index is 0.532. The van der Waals surface area contributed by atoms with Crippen molar-refractivity contribution in [2.45, 2.75) is 31.6 Å². The number of alkyl halides is 1. The van der Waals surface area contributed by atoms with Gasteiger partial charge in [-0.25, -0.2) is 4.98 Å². The van der Waals surface area contributed by atoms with Crippen LogP contribution in [0.15, 0.2) is 5.38 Å². The van der Waals surface area contributed by atoms with E-state index >= 15 is 0 Å². The van der Waals surface area contributed by atoms with E-state index in [0.29, 0.717) is 5.88 Å². The summed E-state index contributed by atoms with van der Waals surface area (Å²) in [7, 11) is 0. The Morgan fingerprint density at radius 3 is 3.11 bits per heavy atom. The summed E-state index contributed by atoms with van der Waals surface area (Å²) in [5.74, 6) is 0.532. The van der Waals surface area contributed by atoms with Gasteiger partial charge >= 0.3 is 0 Å². The molecule has 0 bridgehead atoms. The molecule has 0 radical (unpaired) electrons. The summed E-state index contributed by atoms with van der Waals surface area (Å²) in [6, 6.07) is 0.